The van der Waals surface area contributed by atoms with Gasteiger partial charge in [-0.15, -0.1) is 0 Å². The number of nitrogens with zero attached hydrogens (tertiary/aromatic N) is 1. The number of pyridine rings is 1. The normalized spacial score (nSPS) is 14.5. The molecule has 0 amide bonds. The average molecular weight is 193 g/mol. The van der Waals surface area contributed by atoms with Gasteiger partial charge in [0, 0.05) is 5.69 Å². The summed E-state index contributed by atoms with van der Waals surface area (Å²) in [6.07, 6.45) is 0.948. The molecule has 1 aliphatic heterocycles. The molecule has 14 heavy (non-hydrogen) atoms. The van der Waals surface area contributed by atoms with E-state index >= 15 is 0 Å². The van der Waals surface area contributed by atoms with Crippen LogP contribution in [0.4, 0.5) is 0 Å². The maximum absolute atomic E-state index is 5.22. The zero-order valence-electron chi connectivity index (χ0n) is 8.83. The van der Waals surface area contributed by atoms with E-state index in [9.17, 15) is 0 Å². The molecule has 0 saturated carbocycles. The van der Waals surface area contributed by atoms with E-state index in [1.807, 2.05) is 12.1 Å². The molecule has 1 aliphatic rings. The third-order valence-corrected chi connectivity index (χ3v) is 2.00. The molecule has 2 heterocycles. The quantitative estimate of drug-likeness (QED) is 0.686. The van der Waals surface area contributed by atoms with Crippen molar-refractivity contribution in [1.29, 1.82) is 0 Å². The van der Waals surface area contributed by atoms with Crippen molar-refractivity contribution < 1.29 is 9.47 Å². The summed E-state index contributed by atoms with van der Waals surface area (Å²) in [6, 6.07) is 3.93. The highest BCUT2D eigenvalue weighted by molar-refractivity contribution is 5.36. The number of aromatic nitrogens is 1. The Labute approximate surface area is 84.1 Å². The van der Waals surface area contributed by atoms with E-state index in [1.165, 1.54) is 0 Å². The highest BCUT2D eigenvalue weighted by Crippen LogP contribution is 2.31. The summed E-state index contributed by atoms with van der Waals surface area (Å²) in [5, 5.41) is 0. The molecule has 0 saturated heterocycles. The van der Waals surface area contributed by atoms with Crippen LogP contribution in [0.2, 0.25) is 0 Å². The zero-order chi connectivity index (χ0) is 10.2. The van der Waals surface area contributed by atoms with Crippen LogP contribution in [-0.2, 0) is 6.42 Å². The molecule has 0 aromatic carbocycles. The first-order valence-electron chi connectivity index (χ1n) is 4.80. The highest BCUT2D eigenvalue weighted by Gasteiger charge is 2.18. The van der Waals surface area contributed by atoms with Gasteiger partial charge in [0.2, 0.25) is 6.79 Å². The van der Waals surface area contributed by atoms with E-state index in [0.717, 1.165) is 17.9 Å². The second kappa shape index (κ2) is 3.15. The van der Waals surface area contributed by atoms with Crippen LogP contribution in [0, 0.1) is 5.41 Å². The van der Waals surface area contributed by atoms with E-state index < -0.39 is 0 Å². The molecule has 0 fully saturated rings. The molecule has 0 spiro atoms. The summed E-state index contributed by atoms with van der Waals surface area (Å²) in [7, 11) is 0. The summed E-state index contributed by atoms with van der Waals surface area (Å²) in [4.78, 5) is 4.39. The molecule has 0 radical (unpaired) electrons. The minimum Gasteiger partial charge on any atom is -0.452 e. The maximum atomic E-state index is 5.22. The third-order valence-electron chi connectivity index (χ3n) is 2.00. The van der Waals surface area contributed by atoms with Crippen LogP contribution in [-0.4, -0.2) is 11.8 Å². The van der Waals surface area contributed by atoms with Crippen LogP contribution >= 0.6 is 0 Å². The molecule has 0 aliphatic carbocycles. The van der Waals surface area contributed by atoms with Crippen molar-refractivity contribution in [1.82, 2.24) is 4.98 Å². The van der Waals surface area contributed by atoms with Crippen LogP contribution in [0.3, 0.4) is 0 Å². The lowest BCUT2D eigenvalue weighted by Gasteiger charge is -2.17. The molecule has 1 aromatic rings. The molecule has 2 rings (SSSR count). The smallest absolute Gasteiger partial charge is 0.260 e. The summed E-state index contributed by atoms with van der Waals surface area (Å²) >= 11 is 0. The Morgan fingerprint density at radius 1 is 1.29 bits per heavy atom. The van der Waals surface area contributed by atoms with Gasteiger partial charge in [0.1, 0.15) is 0 Å². The molecule has 3 heteroatoms. The van der Waals surface area contributed by atoms with Gasteiger partial charge in [0.05, 0.1) is 0 Å². The van der Waals surface area contributed by atoms with E-state index in [0.29, 0.717) is 12.7 Å². The van der Waals surface area contributed by atoms with E-state index in [-0.39, 0.29) is 5.41 Å². The van der Waals surface area contributed by atoms with Gasteiger partial charge in [-0.2, -0.15) is 0 Å². The van der Waals surface area contributed by atoms with Crippen molar-refractivity contribution in [2.75, 3.05) is 6.79 Å². The number of fused-ring (bicyclic) bond motifs is 1. The second-order valence-corrected chi connectivity index (χ2v) is 4.75. The first kappa shape index (κ1) is 9.31. The van der Waals surface area contributed by atoms with Gasteiger partial charge in [-0.3, -0.25) is 0 Å². The Morgan fingerprint density at radius 3 is 2.79 bits per heavy atom. The summed E-state index contributed by atoms with van der Waals surface area (Å²) in [5.41, 5.74) is 1.31. The Kier molecular flexibility index (Phi) is 2.10. The lowest BCUT2D eigenvalue weighted by molar-refractivity contribution is 0.171. The minimum absolute atomic E-state index is 0.251. The van der Waals surface area contributed by atoms with Crippen molar-refractivity contribution in [3.63, 3.8) is 0 Å². The lowest BCUT2D eigenvalue weighted by Crippen LogP contribution is -2.10. The maximum Gasteiger partial charge on any atom is 0.260 e. The number of rotatable bonds is 1. The van der Waals surface area contributed by atoms with Gasteiger partial charge < -0.3 is 9.47 Å². The van der Waals surface area contributed by atoms with Crippen molar-refractivity contribution in [3.8, 4) is 11.6 Å². The summed E-state index contributed by atoms with van der Waals surface area (Å²) in [6.45, 7) is 6.87. The van der Waals surface area contributed by atoms with E-state index in [4.69, 9.17) is 9.47 Å². The van der Waals surface area contributed by atoms with E-state index in [2.05, 4.69) is 25.8 Å². The second-order valence-electron chi connectivity index (χ2n) is 4.75. The van der Waals surface area contributed by atoms with Crippen LogP contribution in [0.15, 0.2) is 12.1 Å². The Morgan fingerprint density at radius 2 is 2.07 bits per heavy atom. The molecular formula is C11H15NO2. The molecule has 0 N–H and O–H groups in total. The highest BCUT2D eigenvalue weighted by atomic mass is 16.7. The molecule has 3 nitrogen and oxygen atoms in total. The fourth-order valence-electron chi connectivity index (χ4n) is 1.47. The predicted molar refractivity (Wildman–Crippen MR) is 53.5 cm³/mol. The third kappa shape index (κ3) is 1.97. The topological polar surface area (TPSA) is 31.4 Å². The molecule has 76 valence electrons. The van der Waals surface area contributed by atoms with Gasteiger partial charge in [-0.05, 0) is 24.0 Å². The molecule has 0 atom stereocenters. The predicted octanol–water partition coefficient (Wildman–Crippen LogP) is 2.40. The molecular weight excluding hydrogens is 178 g/mol. The van der Waals surface area contributed by atoms with Gasteiger partial charge in [-0.25, -0.2) is 4.98 Å². The fraction of sp³-hybridized carbons (Fsp3) is 0.545. The van der Waals surface area contributed by atoms with Gasteiger partial charge >= 0.3 is 0 Å². The van der Waals surface area contributed by atoms with Crippen LogP contribution in [0.1, 0.15) is 26.5 Å². The average Bonchev–Trinajstić information content (AvgIpc) is 2.47. The lowest BCUT2D eigenvalue weighted by atomic mass is 9.90. The summed E-state index contributed by atoms with van der Waals surface area (Å²) < 4.78 is 10.4. The van der Waals surface area contributed by atoms with E-state index in [1.54, 1.807) is 0 Å². The fourth-order valence-corrected chi connectivity index (χ4v) is 1.47. The number of hydrogen-bond acceptors (Lipinski definition) is 3. The first-order valence-corrected chi connectivity index (χ1v) is 4.80. The molecule has 0 bridgehead atoms. The van der Waals surface area contributed by atoms with Gasteiger partial charge in [0.15, 0.2) is 5.75 Å². The van der Waals surface area contributed by atoms with Crippen molar-refractivity contribution >= 4 is 0 Å². The van der Waals surface area contributed by atoms with Crippen LogP contribution < -0.4 is 9.47 Å². The van der Waals surface area contributed by atoms with Crippen LogP contribution in [0.5, 0.6) is 11.6 Å². The standard InChI is InChI=1S/C11H15NO2/c1-11(2,3)6-8-4-5-9-10(12-8)14-7-13-9/h4-5H,6-7H2,1-3H3. The van der Waals surface area contributed by atoms with Gasteiger partial charge in [0.25, 0.3) is 5.88 Å². The van der Waals surface area contributed by atoms with Crippen LogP contribution in [0.25, 0.3) is 0 Å². The monoisotopic (exact) mass is 193 g/mol. The van der Waals surface area contributed by atoms with Crippen molar-refractivity contribution in [2.24, 2.45) is 5.41 Å². The minimum atomic E-state index is 0.251. The Bertz CT molecular complexity index is 342. The van der Waals surface area contributed by atoms with Crippen molar-refractivity contribution in [2.45, 2.75) is 27.2 Å². The largest absolute Gasteiger partial charge is 0.452 e. The Balaban J connectivity index is 2.21. The SMILES string of the molecule is CC(C)(C)Cc1ccc2c(n1)OCO2. The zero-order valence-corrected chi connectivity index (χ0v) is 8.83. The number of ether oxygens (including phenoxy) is 2. The summed E-state index contributed by atoms with van der Waals surface area (Å²) in [5.74, 6) is 1.38. The molecule has 0 unspecified atom stereocenters. The molecule has 1 aromatic heterocycles. The Hall–Kier alpha value is -1.25. The van der Waals surface area contributed by atoms with Gasteiger partial charge in [-0.1, -0.05) is 20.8 Å². The first-order chi connectivity index (χ1) is 6.54. The van der Waals surface area contributed by atoms with Crippen molar-refractivity contribution in [3.05, 3.63) is 17.8 Å². The number of hydrogen-bond donors (Lipinski definition) is 0.